The van der Waals surface area contributed by atoms with Crippen LogP contribution in [0.15, 0.2) is 10.2 Å². The molecule has 17 heavy (non-hydrogen) atoms. The van der Waals surface area contributed by atoms with E-state index in [1.54, 1.807) is 16.9 Å². The molecule has 2 N–H and O–H groups in total. The number of thiazole rings is 1. The average molecular weight is 258 g/mol. The Hall–Kier alpha value is -1.14. The van der Waals surface area contributed by atoms with Crippen molar-refractivity contribution in [3.05, 3.63) is 20.7 Å². The topological polar surface area (TPSA) is 71.3 Å². The number of aryl methyl sites for hydroxylation is 1. The van der Waals surface area contributed by atoms with Crippen molar-refractivity contribution in [2.24, 2.45) is 0 Å². The van der Waals surface area contributed by atoms with Crippen LogP contribution in [0.5, 0.6) is 0 Å². The maximum absolute atomic E-state index is 11.4. The van der Waals surface area contributed by atoms with Crippen LogP contribution in [-0.4, -0.2) is 28.2 Å². The first-order valence-corrected chi connectivity index (χ1v) is 6.48. The number of aliphatic hydroxyl groups excluding tert-OH is 1. The lowest BCUT2D eigenvalue weighted by Gasteiger charge is -2.07. The molecule has 0 saturated carbocycles. The van der Waals surface area contributed by atoms with E-state index in [1.807, 2.05) is 6.92 Å². The van der Waals surface area contributed by atoms with Crippen molar-refractivity contribution in [2.45, 2.75) is 39.3 Å². The standard InChI is InChI=1S/C11H18N2O3S/c1-8-7-17-11(16)13(8)6-4-10(15)12-5-3-9(2)14/h7,9,14H,3-6H2,1-2H3,(H,12,15). The zero-order valence-electron chi connectivity index (χ0n) is 10.1. The van der Waals surface area contributed by atoms with Crippen molar-refractivity contribution >= 4 is 17.2 Å². The molecule has 6 heteroatoms. The monoisotopic (exact) mass is 258 g/mol. The Kier molecular flexibility index (Phi) is 5.37. The quantitative estimate of drug-likeness (QED) is 0.780. The molecule has 0 aliphatic carbocycles. The van der Waals surface area contributed by atoms with Crippen LogP contribution in [0, 0.1) is 6.92 Å². The molecule has 0 fully saturated rings. The van der Waals surface area contributed by atoms with Gasteiger partial charge < -0.3 is 15.0 Å². The Morgan fingerprint density at radius 3 is 2.88 bits per heavy atom. The predicted octanol–water partition coefficient (Wildman–Crippen LogP) is 0.495. The summed E-state index contributed by atoms with van der Waals surface area (Å²) in [6.07, 6.45) is 0.428. The molecule has 1 amide bonds. The third-order valence-electron chi connectivity index (χ3n) is 2.42. The van der Waals surface area contributed by atoms with Gasteiger partial charge in [-0.15, -0.1) is 0 Å². The lowest BCUT2D eigenvalue weighted by atomic mass is 10.3. The second-order valence-corrected chi connectivity index (χ2v) is 4.85. The highest BCUT2D eigenvalue weighted by Gasteiger charge is 2.06. The van der Waals surface area contributed by atoms with Gasteiger partial charge in [0, 0.05) is 30.6 Å². The molecule has 0 aromatic carbocycles. The fourth-order valence-electron chi connectivity index (χ4n) is 1.40. The zero-order chi connectivity index (χ0) is 12.8. The molecule has 96 valence electrons. The van der Waals surface area contributed by atoms with Gasteiger partial charge >= 0.3 is 4.87 Å². The second-order valence-electron chi connectivity index (χ2n) is 4.03. The number of rotatable bonds is 6. The number of aromatic nitrogens is 1. The Balaban J connectivity index is 2.31. The SMILES string of the molecule is Cc1csc(=O)n1CCC(=O)NCCC(C)O. The molecular weight excluding hydrogens is 240 g/mol. The van der Waals surface area contributed by atoms with E-state index in [1.165, 1.54) is 0 Å². The Labute approximate surface area is 104 Å². The fourth-order valence-corrected chi connectivity index (χ4v) is 2.16. The van der Waals surface area contributed by atoms with E-state index in [4.69, 9.17) is 5.11 Å². The van der Waals surface area contributed by atoms with E-state index in [2.05, 4.69) is 5.32 Å². The lowest BCUT2D eigenvalue weighted by Crippen LogP contribution is -2.28. The van der Waals surface area contributed by atoms with E-state index in [9.17, 15) is 9.59 Å². The number of amides is 1. The summed E-state index contributed by atoms with van der Waals surface area (Å²) in [7, 11) is 0. The molecule has 0 aliphatic heterocycles. The minimum atomic E-state index is -0.406. The van der Waals surface area contributed by atoms with Crippen LogP contribution in [-0.2, 0) is 11.3 Å². The van der Waals surface area contributed by atoms with Crippen molar-refractivity contribution < 1.29 is 9.90 Å². The van der Waals surface area contributed by atoms with Gasteiger partial charge in [-0.1, -0.05) is 11.3 Å². The van der Waals surface area contributed by atoms with E-state index in [0.717, 1.165) is 17.0 Å². The largest absolute Gasteiger partial charge is 0.393 e. The summed E-state index contributed by atoms with van der Waals surface area (Å²) in [5.41, 5.74) is 0.886. The van der Waals surface area contributed by atoms with Gasteiger partial charge in [-0.3, -0.25) is 9.59 Å². The second kappa shape index (κ2) is 6.56. The lowest BCUT2D eigenvalue weighted by molar-refractivity contribution is -0.121. The molecule has 1 rings (SSSR count). The maximum Gasteiger partial charge on any atom is 0.307 e. The number of hydrogen-bond donors (Lipinski definition) is 2. The summed E-state index contributed by atoms with van der Waals surface area (Å²) in [6.45, 7) is 4.41. The van der Waals surface area contributed by atoms with Crippen LogP contribution in [0.1, 0.15) is 25.5 Å². The number of aliphatic hydroxyl groups is 1. The Morgan fingerprint density at radius 2 is 2.35 bits per heavy atom. The zero-order valence-corrected chi connectivity index (χ0v) is 10.9. The minimum absolute atomic E-state index is 0.0284. The maximum atomic E-state index is 11.4. The van der Waals surface area contributed by atoms with Crippen molar-refractivity contribution in [1.29, 1.82) is 0 Å². The molecule has 1 atom stereocenters. The fraction of sp³-hybridized carbons (Fsp3) is 0.636. The number of nitrogens with zero attached hydrogens (tertiary/aromatic N) is 1. The first kappa shape index (κ1) is 13.9. The van der Waals surface area contributed by atoms with E-state index in [0.29, 0.717) is 19.5 Å². The normalized spacial score (nSPS) is 12.4. The highest BCUT2D eigenvalue weighted by atomic mass is 32.1. The van der Waals surface area contributed by atoms with Crippen LogP contribution in [0.3, 0.4) is 0 Å². The summed E-state index contributed by atoms with van der Waals surface area (Å²) in [5, 5.41) is 13.5. The highest BCUT2D eigenvalue weighted by Crippen LogP contribution is 2.00. The first-order chi connectivity index (χ1) is 8.00. The van der Waals surface area contributed by atoms with Crippen LogP contribution >= 0.6 is 11.3 Å². The summed E-state index contributed by atoms with van der Waals surface area (Å²) >= 11 is 1.15. The molecule has 1 aromatic rings. The van der Waals surface area contributed by atoms with Gasteiger partial charge in [0.15, 0.2) is 0 Å². The Bertz CT molecular complexity index is 423. The molecular formula is C11H18N2O3S. The number of hydrogen-bond acceptors (Lipinski definition) is 4. The molecule has 1 heterocycles. The third kappa shape index (κ3) is 4.70. The van der Waals surface area contributed by atoms with Crippen LogP contribution in [0.25, 0.3) is 0 Å². The van der Waals surface area contributed by atoms with Crippen molar-refractivity contribution in [2.75, 3.05) is 6.54 Å². The van der Waals surface area contributed by atoms with E-state index >= 15 is 0 Å². The van der Waals surface area contributed by atoms with E-state index in [-0.39, 0.29) is 17.2 Å². The predicted molar refractivity (Wildman–Crippen MR) is 67.2 cm³/mol. The molecule has 0 bridgehead atoms. The number of carbonyl (C=O) groups is 1. The molecule has 0 saturated heterocycles. The van der Waals surface area contributed by atoms with Crippen molar-refractivity contribution in [3.8, 4) is 0 Å². The smallest absolute Gasteiger partial charge is 0.307 e. The Morgan fingerprint density at radius 1 is 1.65 bits per heavy atom. The number of carbonyl (C=O) groups excluding carboxylic acids is 1. The average Bonchev–Trinajstić information content (AvgIpc) is 2.55. The first-order valence-electron chi connectivity index (χ1n) is 5.60. The summed E-state index contributed by atoms with van der Waals surface area (Å²) in [4.78, 5) is 22.8. The molecule has 5 nitrogen and oxygen atoms in total. The van der Waals surface area contributed by atoms with E-state index < -0.39 is 6.10 Å². The van der Waals surface area contributed by atoms with Gasteiger partial charge in [0.2, 0.25) is 5.91 Å². The van der Waals surface area contributed by atoms with Crippen molar-refractivity contribution in [1.82, 2.24) is 9.88 Å². The molecule has 0 radical (unpaired) electrons. The summed E-state index contributed by atoms with van der Waals surface area (Å²) in [5.74, 6) is -0.0943. The molecule has 1 unspecified atom stereocenters. The van der Waals surface area contributed by atoms with Gasteiger partial charge in [-0.25, -0.2) is 0 Å². The summed E-state index contributed by atoms with van der Waals surface area (Å²) in [6, 6.07) is 0. The van der Waals surface area contributed by atoms with Crippen LogP contribution < -0.4 is 10.2 Å². The molecule has 1 aromatic heterocycles. The third-order valence-corrected chi connectivity index (χ3v) is 3.30. The van der Waals surface area contributed by atoms with Gasteiger partial charge in [-0.05, 0) is 20.3 Å². The molecule has 0 aliphatic rings. The minimum Gasteiger partial charge on any atom is -0.393 e. The van der Waals surface area contributed by atoms with Gasteiger partial charge in [0.1, 0.15) is 0 Å². The van der Waals surface area contributed by atoms with Gasteiger partial charge in [-0.2, -0.15) is 0 Å². The van der Waals surface area contributed by atoms with Crippen LogP contribution in [0.2, 0.25) is 0 Å². The molecule has 0 spiro atoms. The van der Waals surface area contributed by atoms with Crippen molar-refractivity contribution in [3.63, 3.8) is 0 Å². The van der Waals surface area contributed by atoms with Crippen LogP contribution in [0.4, 0.5) is 0 Å². The highest BCUT2D eigenvalue weighted by molar-refractivity contribution is 7.07. The van der Waals surface area contributed by atoms with Gasteiger partial charge in [0.25, 0.3) is 0 Å². The number of nitrogens with one attached hydrogen (secondary N) is 1. The van der Waals surface area contributed by atoms with Gasteiger partial charge in [0.05, 0.1) is 6.10 Å². The summed E-state index contributed by atoms with van der Waals surface area (Å²) < 4.78 is 1.60.